The monoisotopic (exact) mass is 451 g/mol. The van der Waals surface area contributed by atoms with Gasteiger partial charge in [-0.2, -0.15) is 0 Å². The molecule has 1 aromatic heterocycles. The van der Waals surface area contributed by atoms with Crippen molar-refractivity contribution in [2.24, 2.45) is 0 Å². The lowest BCUT2D eigenvalue weighted by molar-refractivity contribution is -0.130. The van der Waals surface area contributed by atoms with E-state index in [1.54, 1.807) is 22.8 Å². The number of nitrogens with zero attached hydrogens (tertiary/aromatic N) is 3. The number of benzene rings is 2. The lowest BCUT2D eigenvalue weighted by Crippen LogP contribution is -2.50. The average molecular weight is 452 g/mol. The fourth-order valence-electron chi connectivity index (χ4n) is 4.06. The minimum Gasteiger partial charge on any atom is -0.489 e. The van der Waals surface area contributed by atoms with E-state index in [9.17, 15) is 9.59 Å². The molecule has 3 aromatic rings. The number of piperazine rings is 1. The molecule has 2 amide bonds. The van der Waals surface area contributed by atoms with Gasteiger partial charge >= 0.3 is 0 Å². The highest BCUT2D eigenvalue weighted by atomic mass is 35.5. The van der Waals surface area contributed by atoms with Crippen molar-refractivity contribution in [3.05, 3.63) is 77.5 Å². The fourth-order valence-corrected chi connectivity index (χ4v) is 4.26. The predicted molar refractivity (Wildman–Crippen MR) is 126 cm³/mol. The molecule has 4 rings (SSSR count). The quantitative estimate of drug-likeness (QED) is 0.527. The van der Waals surface area contributed by atoms with Crippen LogP contribution in [0.25, 0.3) is 10.9 Å². The van der Waals surface area contributed by atoms with E-state index in [0.717, 1.165) is 16.5 Å². The van der Waals surface area contributed by atoms with Gasteiger partial charge < -0.3 is 19.1 Å². The number of rotatable bonds is 6. The molecule has 32 heavy (non-hydrogen) atoms. The third kappa shape index (κ3) is 4.36. The first-order valence-electron chi connectivity index (χ1n) is 10.6. The van der Waals surface area contributed by atoms with E-state index >= 15 is 0 Å². The van der Waals surface area contributed by atoms with E-state index in [4.69, 9.17) is 16.3 Å². The molecule has 166 valence electrons. The van der Waals surface area contributed by atoms with E-state index in [1.165, 1.54) is 0 Å². The Morgan fingerprint density at radius 1 is 1.06 bits per heavy atom. The molecular formula is C25H26ClN3O3. The highest BCUT2D eigenvalue weighted by molar-refractivity contribution is 6.31. The van der Waals surface area contributed by atoms with Gasteiger partial charge in [0.1, 0.15) is 18.1 Å². The molecule has 6 nitrogen and oxygen atoms in total. The Morgan fingerprint density at radius 3 is 2.47 bits per heavy atom. The van der Waals surface area contributed by atoms with Gasteiger partial charge in [0.05, 0.1) is 5.52 Å². The molecule has 0 aliphatic carbocycles. The smallest absolute Gasteiger partial charge is 0.270 e. The third-order valence-electron chi connectivity index (χ3n) is 5.78. The second-order valence-electron chi connectivity index (χ2n) is 7.79. The topological polar surface area (TPSA) is 54.8 Å². The predicted octanol–water partition coefficient (Wildman–Crippen LogP) is 4.21. The number of ether oxygens (including phenoxy) is 1. The Kier molecular flexibility index (Phi) is 6.51. The molecule has 0 bridgehead atoms. The van der Waals surface area contributed by atoms with Crippen molar-refractivity contribution in [1.82, 2.24) is 14.4 Å². The minimum absolute atomic E-state index is 0.0361. The first kappa shape index (κ1) is 22.0. The van der Waals surface area contributed by atoms with Crippen molar-refractivity contribution >= 4 is 34.3 Å². The molecule has 0 saturated carbocycles. The highest BCUT2D eigenvalue weighted by Crippen LogP contribution is 2.31. The summed E-state index contributed by atoms with van der Waals surface area (Å²) in [6.45, 7) is 8.21. The van der Waals surface area contributed by atoms with E-state index in [2.05, 4.69) is 6.58 Å². The zero-order valence-electron chi connectivity index (χ0n) is 18.1. The van der Waals surface area contributed by atoms with Crippen molar-refractivity contribution in [1.29, 1.82) is 0 Å². The number of halogens is 1. The van der Waals surface area contributed by atoms with Crippen molar-refractivity contribution in [2.75, 3.05) is 32.8 Å². The molecular weight excluding hydrogens is 426 g/mol. The minimum atomic E-state index is -0.0638. The Morgan fingerprint density at radius 2 is 1.78 bits per heavy atom. The van der Waals surface area contributed by atoms with Crippen LogP contribution in [0.5, 0.6) is 5.75 Å². The van der Waals surface area contributed by atoms with Gasteiger partial charge in [-0.25, -0.2) is 0 Å². The van der Waals surface area contributed by atoms with Crippen molar-refractivity contribution in [2.45, 2.75) is 13.5 Å². The highest BCUT2D eigenvalue weighted by Gasteiger charge is 2.27. The van der Waals surface area contributed by atoms with Gasteiger partial charge in [-0.05, 0) is 29.8 Å². The third-order valence-corrected chi connectivity index (χ3v) is 6.15. The molecule has 1 aliphatic rings. The summed E-state index contributed by atoms with van der Waals surface area (Å²) in [5.74, 6) is 0.677. The molecule has 0 N–H and O–H groups in total. The molecule has 1 fully saturated rings. The maximum absolute atomic E-state index is 13.6. The van der Waals surface area contributed by atoms with Gasteiger partial charge in [0.15, 0.2) is 0 Å². The van der Waals surface area contributed by atoms with Gasteiger partial charge in [0.25, 0.3) is 5.91 Å². The van der Waals surface area contributed by atoms with Crippen molar-refractivity contribution in [3.8, 4) is 5.75 Å². The molecule has 1 saturated heterocycles. The van der Waals surface area contributed by atoms with E-state index in [1.807, 2.05) is 53.1 Å². The summed E-state index contributed by atoms with van der Waals surface area (Å²) >= 11 is 6.44. The number of aromatic nitrogens is 1. The van der Waals surface area contributed by atoms with Gasteiger partial charge in [0.2, 0.25) is 5.91 Å². The lowest BCUT2D eigenvalue weighted by Gasteiger charge is -2.34. The first-order valence-corrected chi connectivity index (χ1v) is 11.0. The maximum atomic E-state index is 13.6. The van der Waals surface area contributed by atoms with Gasteiger partial charge in [-0.3, -0.25) is 9.59 Å². The van der Waals surface area contributed by atoms with E-state index in [-0.39, 0.29) is 11.8 Å². The summed E-state index contributed by atoms with van der Waals surface area (Å²) in [4.78, 5) is 28.8. The zero-order valence-corrected chi connectivity index (χ0v) is 18.8. The average Bonchev–Trinajstić information content (AvgIpc) is 3.17. The van der Waals surface area contributed by atoms with Crippen molar-refractivity contribution in [3.63, 3.8) is 0 Å². The Bertz CT molecular complexity index is 1160. The number of fused-ring (bicyclic) bond motifs is 1. The zero-order chi connectivity index (χ0) is 22.7. The summed E-state index contributed by atoms with van der Waals surface area (Å²) in [5.41, 5.74) is 2.41. The summed E-state index contributed by atoms with van der Waals surface area (Å²) in [6.07, 6.45) is 1.69. The molecule has 1 aliphatic heterocycles. The number of carbonyl (C=O) groups excluding carboxylic acids is 2. The maximum Gasteiger partial charge on any atom is 0.270 e. The van der Waals surface area contributed by atoms with Crippen LogP contribution < -0.4 is 4.74 Å². The van der Waals surface area contributed by atoms with Crippen molar-refractivity contribution < 1.29 is 14.3 Å². The summed E-state index contributed by atoms with van der Waals surface area (Å²) < 4.78 is 7.85. The van der Waals surface area contributed by atoms with Crippen LogP contribution in [0.3, 0.4) is 0 Å². The van der Waals surface area contributed by atoms with E-state index in [0.29, 0.717) is 55.8 Å². The molecule has 0 atom stereocenters. The molecule has 7 heteroatoms. The van der Waals surface area contributed by atoms with Crippen LogP contribution in [-0.2, 0) is 11.3 Å². The summed E-state index contributed by atoms with van der Waals surface area (Å²) in [7, 11) is 0. The second kappa shape index (κ2) is 9.49. The van der Waals surface area contributed by atoms with Gasteiger partial charge in [-0.1, -0.05) is 48.5 Å². The molecule has 2 aromatic carbocycles. The number of carbonyl (C=O) groups is 2. The summed E-state index contributed by atoms with van der Waals surface area (Å²) in [5, 5.41) is 1.52. The first-order chi connectivity index (χ1) is 15.5. The Labute approximate surface area is 192 Å². The van der Waals surface area contributed by atoms with Crippen LogP contribution in [0.4, 0.5) is 0 Å². The SMILES string of the molecule is C=CCOc1cccc2c1cc(C(=O)N1CCN(C(C)=O)CC1)n2Cc1ccccc1Cl. The van der Waals surface area contributed by atoms with Crippen LogP contribution in [0, 0.1) is 0 Å². The van der Waals surface area contributed by atoms with Crippen LogP contribution in [0.1, 0.15) is 23.0 Å². The molecule has 2 heterocycles. The van der Waals surface area contributed by atoms with Crippen LogP contribution >= 0.6 is 11.6 Å². The van der Waals surface area contributed by atoms with Gasteiger partial charge in [-0.15, -0.1) is 0 Å². The number of hydrogen-bond donors (Lipinski definition) is 0. The standard InChI is InChI=1S/C25H26ClN3O3/c1-3-15-32-24-10-6-9-22-20(24)16-23(29(22)17-19-7-4-5-8-21(19)26)25(31)28-13-11-27(12-14-28)18(2)30/h3-10,16H,1,11-15,17H2,2H3. The normalized spacial score (nSPS) is 13.9. The summed E-state index contributed by atoms with van der Waals surface area (Å²) in [6, 6.07) is 15.3. The Balaban J connectivity index is 1.74. The molecule has 0 radical (unpaired) electrons. The van der Waals surface area contributed by atoms with Crippen LogP contribution in [-0.4, -0.2) is 59.0 Å². The van der Waals surface area contributed by atoms with Crippen LogP contribution in [0.15, 0.2) is 61.2 Å². The van der Waals surface area contributed by atoms with E-state index < -0.39 is 0 Å². The number of amides is 2. The number of hydrogen-bond acceptors (Lipinski definition) is 3. The van der Waals surface area contributed by atoms with Gasteiger partial charge in [0, 0.05) is 50.1 Å². The Hall–Kier alpha value is -3.25. The second-order valence-corrected chi connectivity index (χ2v) is 8.20. The van der Waals surface area contributed by atoms with Crippen LogP contribution in [0.2, 0.25) is 5.02 Å². The fraction of sp³-hybridized carbons (Fsp3) is 0.280. The lowest BCUT2D eigenvalue weighted by atomic mass is 10.2. The molecule has 0 unspecified atom stereocenters. The largest absolute Gasteiger partial charge is 0.489 e. The molecule has 0 spiro atoms.